The summed E-state index contributed by atoms with van der Waals surface area (Å²) in [5, 5.41) is 21.6. The fourth-order valence-corrected chi connectivity index (χ4v) is 4.43. The molecule has 0 saturated carbocycles. The number of carboxylic acid groups (broad SMARTS) is 2. The van der Waals surface area contributed by atoms with Gasteiger partial charge in [0.1, 0.15) is 0 Å². The number of nitrogens with zero attached hydrogens (tertiary/aromatic N) is 3. The molecule has 3 amide bonds. The van der Waals surface area contributed by atoms with Gasteiger partial charge >= 0.3 is 18.3 Å². The molecule has 192 valence electrons. The number of benzene rings is 4. The van der Waals surface area contributed by atoms with Gasteiger partial charge in [-0.15, -0.1) is 0 Å². The van der Waals surface area contributed by atoms with Crippen molar-refractivity contribution in [1.82, 2.24) is 0 Å². The zero-order chi connectivity index (χ0) is 27.1. The van der Waals surface area contributed by atoms with E-state index in [0.717, 1.165) is 21.8 Å². The van der Waals surface area contributed by atoms with E-state index in [2.05, 4.69) is 0 Å². The van der Waals surface area contributed by atoms with E-state index in [9.17, 15) is 24.6 Å². The van der Waals surface area contributed by atoms with Crippen LogP contribution in [0.1, 0.15) is 5.56 Å². The van der Waals surface area contributed by atoms with Crippen LogP contribution in [-0.2, 0) is 10.5 Å². The molecule has 9 heteroatoms. The number of hydrogen-bond acceptors (Lipinski definition) is 4. The van der Waals surface area contributed by atoms with Gasteiger partial charge in [-0.3, -0.25) is 0 Å². The molecule has 0 radical (unpaired) electrons. The van der Waals surface area contributed by atoms with Crippen LogP contribution in [0.5, 0.6) is 0 Å². The van der Waals surface area contributed by atoms with E-state index in [0.29, 0.717) is 0 Å². The first-order chi connectivity index (χ1) is 18.4. The highest BCUT2D eigenvalue weighted by Gasteiger charge is 2.58. The largest absolute Gasteiger partial charge is 0.465 e. The lowest BCUT2D eigenvalue weighted by Gasteiger charge is -2.53. The summed E-state index contributed by atoms with van der Waals surface area (Å²) in [6, 6.07) is 32.3. The summed E-state index contributed by atoms with van der Waals surface area (Å²) in [5.74, 6) is -2.35. The number of ether oxygens (including phenoxy) is 1. The Balaban J connectivity index is 2.26. The summed E-state index contributed by atoms with van der Waals surface area (Å²) in [6.07, 6.45) is -4.00. The van der Waals surface area contributed by atoms with Gasteiger partial charge in [0.15, 0.2) is 0 Å². The van der Waals surface area contributed by atoms with E-state index in [1.807, 2.05) is 0 Å². The van der Waals surface area contributed by atoms with Crippen LogP contribution in [0.4, 0.5) is 31.4 Å². The molecule has 0 atom stereocenters. The second-order valence-electron chi connectivity index (χ2n) is 8.05. The fraction of sp³-hybridized carbons (Fsp3) is 0.0690. The quantitative estimate of drug-likeness (QED) is 0.276. The highest BCUT2D eigenvalue weighted by molar-refractivity contribution is 6.02. The molecule has 2 N–H and O–H groups in total. The first-order valence-corrected chi connectivity index (χ1v) is 11.6. The number of carbonyl (C=O) groups excluding carboxylic acids is 1. The highest BCUT2D eigenvalue weighted by atomic mass is 16.5. The SMILES string of the molecule is COC(=O)N(c1ccccc1)C(c1ccccc1)(N(C(=O)O)c1ccccc1)N(C(=O)O)c1ccccc1. The maximum absolute atomic E-state index is 13.7. The summed E-state index contributed by atoms with van der Waals surface area (Å²) in [4.78, 5) is 43.0. The van der Waals surface area contributed by atoms with Crippen LogP contribution in [0.2, 0.25) is 0 Å². The van der Waals surface area contributed by atoms with Crippen LogP contribution >= 0.6 is 0 Å². The van der Waals surface area contributed by atoms with E-state index in [4.69, 9.17) is 4.74 Å². The Bertz CT molecular complexity index is 1330. The minimum atomic E-state index is -2.35. The maximum Gasteiger partial charge on any atom is 0.417 e. The number of hydrogen-bond donors (Lipinski definition) is 2. The number of carbonyl (C=O) groups is 3. The van der Waals surface area contributed by atoms with Gasteiger partial charge in [0.2, 0.25) is 5.79 Å². The first-order valence-electron chi connectivity index (χ1n) is 11.6. The monoisotopic (exact) mass is 511 g/mol. The number of anilines is 3. The molecule has 0 aliphatic heterocycles. The molecule has 0 fully saturated rings. The van der Waals surface area contributed by atoms with Crippen LogP contribution in [0, 0.1) is 0 Å². The predicted octanol–water partition coefficient (Wildman–Crippen LogP) is 6.44. The number of methoxy groups -OCH3 is 1. The average molecular weight is 512 g/mol. The lowest BCUT2D eigenvalue weighted by molar-refractivity contribution is 0.157. The van der Waals surface area contributed by atoms with Gasteiger partial charge in [-0.2, -0.15) is 0 Å². The first kappa shape index (κ1) is 25.8. The van der Waals surface area contributed by atoms with Crippen LogP contribution in [0.15, 0.2) is 121 Å². The van der Waals surface area contributed by atoms with E-state index < -0.39 is 24.1 Å². The molecular weight excluding hydrogens is 486 g/mol. The van der Waals surface area contributed by atoms with Gasteiger partial charge < -0.3 is 14.9 Å². The Labute approximate surface area is 219 Å². The van der Waals surface area contributed by atoms with Crippen molar-refractivity contribution in [1.29, 1.82) is 0 Å². The molecule has 0 aliphatic carbocycles. The second-order valence-corrected chi connectivity index (χ2v) is 8.05. The normalized spacial score (nSPS) is 10.8. The maximum atomic E-state index is 13.7. The Hall–Kier alpha value is -5.31. The van der Waals surface area contributed by atoms with Crippen molar-refractivity contribution in [2.45, 2.75) is 5.79 Å². The van der Waals surface area contributed by atoms with Crippen molar-refractivity contribution in [2.24, 2.45) is 0 Å². The van der Waals surface area contributed by atoms with Crippen molar-refractivity contribution in [3.8, 4) is 0 Å². The molecule has 0 heterocycles. The lowest BCUT2D eigenvalue weighted by Crippen LogP contribution is -2.72. The Morgan fingerprint density at radius 1 is 0.553 bits per heavy atom. The van der Waals surface area contributed by atoms with E-state index >= 15 is 0 Å². The molecule has 0 aliphatic rings. The second kappa shape index (κ2) is 11.2. The van der Waals surface area contributed by atoms with Crippen molar-refractivity contribution in [3.63, 3.8) is 0 Å². The average Bonchev–Trinajstić information content (AvgIpc) is 2.95. The van der Waals surface area contributed by atoms with E-state index in [1.165, 1.54) is 24.3 Å². The molecule has 4 aromatic carbocycles. The van der Waals surface area contributed by atoms with Crippen molar-refractivity contribution in [2.75, 3.05) is 21.8 Å². The molecule has 0 spiro atoms. The van der Waals surface area contributed by atoms with Crippen LogP contribution in [0.25, 0.3) is 0 Å². The molecule has 9 nitrogen and oxygen atoms in total. The molecule has 0 saturated heterocycles. The third-order valence-corrected chi connectivity index (χ3v) is 5.88. The van der Waals surface area contributed by atoms with Gasteiger partial charge in [-0.1, -0.05) is 84.9 Å². The minimum absolute atomic E-state index is 0.121. The van der Waals surface area contributed by atoms with E-state index in [1.54, 1.807) is 97.1 Å². The van der Waals surface area contributed by atoms with Crippen LogP contribution in [0.3, 0.4) is 0 Å². The van der Waals surface area contributed by atoms with Gasteiger partial charge in [-0.05, 0) is 36.4 Å². The van der Waals surface area contributed by atoms with Crippen LogP contribution in [-0.4, -0.2) is 35.6 Å². The summed E-state index contributed by atoms with van der Waals surface area (Å²) < 4.78 is 5.17. The molecule has 4 aromatic rings. The zero-order valence-corrected chi connectivity index (χ0v) is 20.4. The van der Waals surface area contributed by atoms with Gasteiger partial charge in [0.05, 0.1) is 24.2 Å². The smallest absolute Gasteiger partial charge is 0.417 e. The van der Waals surface area contributed by atoms with Crippen molar-refractivity contribution >= 4 is 35.3 Å². The van der Waals surface area contributed by atoms with Crippen LogP contribution < -0.4 is 14.7 Å². The summed E-state index contributed by atoms with van der Waals surface area (Å²) in [7, 11) is 1.15. The van der Waals surface area contributed by atoms with E-state index in [-0.39, 0.29) is 22.6 Å². The van der Waals surface area contributed by atoms with Crippen molar-refractivity contribution < 1.29 is 29.3 Å². The molecule has 0 aromatic heterocycles. The minimum Gasteiger partial charge on any atom is -0.465 e. The number of para-hydroxylation sites is 3. The Morgan fingerprint density at radius 2 is 0.868 bits per heavy atom. The Morgan fingerprint density at radius 3 is 1.18 bits per heavy atom. The summed E-state index contributed by atoms with van der Waals surface area (Å²) in [5.41, 5.74) is 0.617. The summed E-state index contributed by atoms with van der Waals surface area (Å²) >= 11 is 0. The fourth-order valence-electron chi connectivity index (χ4n) is 4.43. The van der Waals surface area contributed by atoms with Gasteiger partial charge in [0.25, 0.3) is 0 Å². The molecular formula is C29H25N3O6. The predicted molar refractivity (Wildman–Crippen MR) is 143 cm³/mol. The third kappa shape index (κ3) is 4.60. The molecule has 0 unspecified atom stereocenters. The standard InChI is InChI=1S/C29H25N3O6/c1-38-28(37)32(25-20-12-5-13-21-25)29(22-14-6-2-7-15-22,30(26(33)34)23-16-8-3-9-17-23)31(27(35)36)24-18-10-4-11-19-24/h2-21H,1H3,(H,33,34)(H,35,36). The molecule has 4 rings (SSSR count). The topological polar surface area (TPSA) is 111 Å². The van der Waals surface area contributed by atoms with Gasteiger partial charge in [0, 0.05) is 5.56 Å². The van der Waals surface area contributed by atoms with Crippen molar-refractivity contribution in [3.05, 3.63) is 127 Å². The number of amides is 3. The zero-order valence-electron chi connectivity index (χ0n) is 20.4. The third-order valence-electron chi connectivity index (χ3n) is 5.88. The molecule has 38 heavy (non-hydrogen) atoms. The summed E-state index contributed by atoms with van der Waals surface area (Å²) in [6.45, 7) is 0. The van der Waals surface area contributed by atoms with Gasteiger partial charge in [-0.25, -0.2) is 29.1 Å². The molecule has 0 bridgehead atoms. The lowest BCUT2D eigenvalue weighted by atomic mass is 9.99. The Kier molecular flexibility index (Phi) is 7.58. The highest BCUT2D eigenvalue weighted by Crippen LogP contribution is 2.45. The number of rotatable bonds is 7.